The molecule has 0 saturated heterocycles. The van der Waals surface area contributed by atoms with E-state index in [1.807, 2.05) is 57.2 Å². The lowest BCUT2D eigenvalue weighted by Crippen LogP contribution is -2.30. The van der Waals surface area contributed by atoms with E-state index in [9.17, 15) is 4.79 Å². The monoisotopic (exact) mass is 361 g/mol. The molecule has 0 spiro atoms. The van der Waals surface area contributed by atoms with Gasteiger partial charge in [0.2, 0.25) is 0 Å². The smallest absolute Gasteiger partial charge is 0.265 e. The molecule has 0 unspecified atom stereocenters. The highest BCUT2D eigenvalue weighted by Gasteiger charge is 2.17. The molecule has 0 fully saturated rings. The van der Waals surface area contributed by atoms with Gasteiger partial charge in [-0.2, -0.15) is 0 Å². The predicted molar refractivity (Wildman–Crippen MR) is 93.5 cm³/mol. The van der Waals surface area contributed by atoms with Crippen LogP contribution in [-0.4, -0.2) is 12.0 Å². The quantitative estimate of drug-likeness (QED) is 0.850. The molecule has 0 bridgehead atoms. The number of carbonyl (C=O) groups is 1. The minimum atomic E-state index is -0.584. The number of hydrogen-bond acceptors (Lipinski definition) is 2. The van der Waals surface area contributed by atoms with Gasteiger partial charge in [-0.15, -0.1) is 0 Å². The maximum Gasteiger partial charge on any atom is 0.265 e. The lowest BCUT2D eigenvalue weighted by Gasteiger charge is -2.17. The zero-order valence-corrected chi connectivity index (χ0v) is 14.8. The number of halogens is 1. The molecule has 0 aliphatic heterocycles. The standard InChI is InChI=1S/C18H20BrNO2/c1-11-5-7-16(13(3)9-11)20-18(21)14(4)22-17-8-6-12(2)10-15(17)19/h5-10,14H,1-4H3,(H,20,21)/t14-/m0/s1. The SMILES string of the molecule is Cc1ccc(NC(=O)[C@H](C)Oc2ccc(C)cc2Br)c(C)c1. The Morgan fingerprint density at radius 1 is 1.09 bits per heavy atom. The summed E-state index contributed by atoms with van der Waals surface area (Å²) in [5.41, 5.74) is 4.15. The first-order valence-corrected chi connectivity index (χ1v) is 7.97. The third-order valence-corrected chi connectivity index (χ3v) is 4.02. The molecule has 2 aromatic carbocycles. The van der Waals surface area contributed by atoms with Crippen molar-refractivity contribution in [1.29, 1.82) is 0 Å². The molecule has 1 atom stereocenters. The number of anilines is 1. The average Bonchev–Trinajstić information content (AvgIpc) is 2.44. The summed E-state index contributed by atoms with van der Waals surface area (Å²) in [6.45, 7) is 7.75. The molecule has 4 heteroatoms. The van der Waals surface area contributed by atoms with Gasteiger partial charge in [0, 0.05) is 5.69 Å². The third-order valence-electron chi connectivity index (χ3n) is 3.40. The van der Waals surface area contributed by atoms with Crippen molar-refractivity contribution >= 4 is 27.5 Å². The van der Waals surface area contributed by atoms with Crippen molar-refractivity contribution < 1.29 is 9.53 Å². The zero-order valence-electron chi connectivity index (χ0n) is 13.2. The van der Waals surface area contributed by atoms with E-state index in [0.717, 1.165) is 21.3 Å². The third kappa shape index (κ3) is 4.10. The van der Waals surface area contributed by atoms with Gasteiger partial charge < -0.3 is 10.1 Å². The van der Waals surface area contributed by atoms with Crippen LogP contribution in [-0.2, 0) is 4.79 Å². The first-order valence-electron chi connectivity index (χ1n) is 7.18. The molecule has 116 valence electrons. The number of hydrogen-bond donors (Lipinski definition) is 1. The number of benzene rings is 2. The Morgan fingerprint density at radius 3 is 2.36 bits per heavy atom. The van der Waals surface area contributed by atoms with Gasteiger partial charge in [-0.25, -0.2) is 0 Å². The fourth-order valence-corrected chi connectivity index (χ4v) is 2.72. The van der Waals surface area contributed by atoms with Crippen molar-refractivity contribution in [2.24, 2.45) is 0 Å². The second-order valence-corrected chi connectivity index (χ2v) is 6.36. The van der Waals surface area contributed by atoms with Gasteiger partial charge in [-0.05, 0) is 73.0 Å². The Labute approximate surface area is 139 Å². The molecule has 0 aromatic heterocycles. The fourth-order valence-electron chi connectivity index (χ4n) is 2.13. The van der Waals surface area contributed by atoms with E-state index >= 15 is 0 Å². The highest BCUT2D eigenvalue weighted by atomic mass is 79.9. The Bertz CT molecular complexity index is 697. The second-order valence-electron chi connectivity index (χ2n) is 5.50. The van der Waals surface area contributed by atoms with E-state index in [1.165, 1.54) is 5.56 Å². The summed E-state index contributed by atoms with van der Waals surface area (Å²) in [6, 6.07) is 11.7. The number of nitrogens with one attached hydrogen (secondary N) is 1. The van der Waals surface area contributed by atoms with Crippen molar-refractivity contribution in [3.8, 4) is 5.75 Å². The van der Waals surface area contributed by atoms with Crippen molar-refractivity contribution in [1.82, 2.24) is 0 Å². The lowest BCUT2D eigenvalue weighted by molar-refractivity contribution is -0.122. The number of rotatable bonds is 4. The normalized spacial score (nSPS) is 11.9. The van der Waals surface area contributed by atoms with Crippen molar-refractivity contribution in [3.63, 3.8) is 0 Å². The molecule has 1 amide bonds. The summed E-state index contributed by atoms with van der Waals surface area (Å²) in [4.78, 5) is 12.3. The van der Waals surface area contributed by atoms with E-state index < -0.39 is 6.10 Å². The summed E-state index contributed by atoms with van der Waals surface area (Å²) >= 11 is 3.45. The number of amides is 1. The predicted octanol–water partition coefficient (Wildman–Crippen LogP) is 4.78. The first-order chi connectivity index (χ1) is 10.4. The van der Waals surface area contributed by atoms with E-state index in [1.54, 1.807) is 6.92 Å². The van der Waals surface area contributed by atoms with Gasteiger partial charge in [0.05, 0.1) is 4.47 Å². The zero-order chi connectivity index (χ0) is 16.3. The minimum absolute atomic E-state index is 0.167. The molecule has 22 heavy (non-hydrogen) atoms. The van der Waals surface area contributed by atoms with Crippen LogP contribution in [0.1, 0.15) is 23.6 Å². The van der Waals surface area contributed by atoms with E-state index in [4.69, 9.17) is 4.74 Å². The molecular weight excluding hydrogens is 342 g/mol. The number of aryl methyl sites for hydroxylation is 3. The topological polar surface area (TPSA) is 38.3 Å². The Hall–Kier alpha value is -1.81. The average molecular weight is 362 g/mol. The molecule has 0 saturated carbocycles. The second kappa shape index (κ2) is 6.97. The molecule has 0 heterocycles. The van der Waals surface area contributed by atoms with Crippen molar-refractivity contribution in [2.75, 3.05) is 5.32 Å². The summed E-state index contributed by atoms with van der Waals surface area (Å²) in [5.74, 6) is 0.494. The van der Waals surface area contributed by atoms with E-state index in [0.29, 0.717) is 5.75 Å². The molecule has 0 aliphatic rings. The molecular formula is C18H20BrNO2. The highest BCUT2D eigenvalue weighted by Crippen LogP contribution is 2.27. The summed E-state index contributed by atoms with van der Waals surface area (Å²) < 4.78 is 6.58. The minimum Gasteiger partial charge on any atom is -0.480 e. The Kier molecular flexibility index (Phi) is 5.24. The highest BCUT2D eigenvalue weighted by molar-refractivity contribution is 9.10. The van der Waals surface area contributed by atoms with Gasteiger partial charge in [-0.3, -0.25) is 4.79 Å². The van der Waals surface area contributed by atoms with Crippen LogP contribution < -0.4 is 10.1 Å². The van der Waals surface area contributed by atoms with Gasteiger partial charge in [0.25, 0.3) is 5.91 Å². The van der Waals surface area contributed by atoms with Crippen LogP contribution in [0.25, 0.3) is 0 Å². The van der Waals surface area contributed by atoms with Crippen molar-refractivity contribution in [2.45, 2.75) is 33.8 Å². The van der Waals surface area contributed by atoms with Crippen LogP contribution in [0.2, 0.25) is 0 Å². The molecule has 0 aliphatic carbocycles. The van der Waals surface area contributed by atoms with Crippen LogP contribution in [0, 0.1) is 20.8 Å². The van der Waals surface area contributed by atoms with Gasteiger partial charge >= 0.3 is 0 Å². The largest absolute Gasteiger partial charge is 0.480 e. The van der Waals surface area contributed by atoms with Crippen LogP contribution in [0.5, 0.6) is 5.75 Å². The Morgan fingerprint density at radius 2 is 1.73 bits per heavy atom. The summed E-state index contributed by atoms with van der Waals surface area (Å²) in [5, 5.41) is 2.91. The van der Waals surface area contributed by atoms with Crippen LogP contribution in [0.3, 0.4) is 0 Å². The number of ether oxygens (including phenoxy) is 1. The van der Waals surface area contributed by atoms with Crippen molar-refractivity contribution in [3.05, 3.63) is 57.6 Å². The first kappa shape index (κ1) is 16.6. The van der Waals surface area contributed by atoms with E-state index in [2.05, 4.69) is 21.2 Å². The lowest BCUT2D eigenvalue weighted by atomic mass is 10.1. The maximum atomic E-state index is 12.3. The summed E-state index contributed by atoms with van der Waals surface area (Å²) in [6.07, 6.45) is -0.584. The van der Waals surface area contributed by atoms with Gasteiger partial charge in [0.15, 0.2) is 6.10 Å². The van der Waals surface area contributed by atoms with Gasteiger partial charge in [-0.1, -0.05) is 23.8 Å². The van der Waals surface area contributed by atoms with Crippen LogP contribution >= 0.6 is 15.9 Å². The Balaban J connectivity index is 2.05. The number of carbonyl (C=O) groups excluding carboxylic acids is 1. The molecule has 1 N–H and O–H groups in total. The fraction of sp³-hybridized carbons (Fsp3) is 0.278. The molecule has 2 aromatic rings. The van der Waals surface area contributed by atoms with Crippen LogP contribution in [0.4, 0.5) is 5.69 Å². The molecule has 2 rings (SSSR count). The molecule has 3 nitrogen and oxygen atoms in total. The summed E-state index contributed by atoms with van der Waals surface area (Å²) in [7, 11) is 0. The maximum absolute atomic E-state index is 12.3. The van der Waals surface area contributed by atoms with Gasteiger partial charge in [0.1, 0.15) is 5.75 Å². The molecule has 0 radical (unpaired) electrons. The van der Waals surface area contributed by atoms with Crippen LogP contribution in [0.15, 0.2) is 40.9 Å². The van der Waals surface area contributed by atoms with E-state index in [-0.39, 0.29) is 5.91 Å².